The highest BCUT2D eigenvalue weighted by Gasteiger charge is 2.51. The van der Waals surface area contributed by atoms with Crippen molar-refractivity contribution in [2.75, 3.05) is 39.7 Å². The summed E-state index contributed by atoms with van der Waals surface area (Å²) in [6.07, 6.45) is -0.638. The van der Waals surface area contributed by atoms with Gasteiger partial charge in [0.1, 0.15) is 13.1 Å². The van der Waals surface area contributed by atoms with Crippen LogP contribution in [0.5, 0.6) is 5.75 Å². The van der Waals surface area contributed by atoms with E-state index >= 15 is 0 Å². The maximum atomic E-state index is 12.4. The average molecular weight is 783 g/mol. The van der Waals surface area contributed by atoms with Crippen molar-refractivity contribution in [3.8, 4) is 5.75 Å². The molecule has 0 radical (unpaired) electrons. The van der Waals surface area contributed by atoms with Gasteiger partial charge in [0, 0.05) is 33.8 Å². The van der Waals surface area contributed by atoms with E-state index in [1.54, 1.807) is 77.7 Å². The molecular formula is C34H34N6O12S2. The summed E-state index contributed by atoms with van der Waals surface area (Å²) < 4.78 is 14.3. The van der Waals surface area contributed by atoms with Gasteiger partial charge in [0.05, 0.1) is 36.3 Å². The van der Waals surface area contributed by atoms with Gasteiger partial charge in [-0.05, 0) is 66.7 Å². The van der Waals surface area contributed by atoms with Crippen molar-refractivity contribution in [1.82, 2.24) is 0 Å². The molecule has 0 spiro atoms. The second-order valence-corrected chi connectivity index (χ2v) is 12.4. The highest BCUT2D eigenvalue weighted by Crippen LogP contribution is 2.36. The number of carbonyl (C=O) groups is 5. The lowest BCUT2D eigenvalue weighted by atomic mass is 10.2. The number of nitrogens with two attached hydrogens (primary N) is 2. The number of hydrogen-bond acceptors (Lipinski definition) is 16. The SMILES string of the molecule is CC(=O)Oc1ccc(SOON)cc1N(CC(=O)O)CC(=O)Nc1ccccc1.NOOSc1ccc(N(CC(=O)O)C2C(=O)N2c2ccccc2)cc1. The van der Waals surface area contributed by atoms with E-state index in [4.69, 9.17) is 16.5 Å². The van der Waals surface area contributed by atoms with Crippen molar-refractivity contribution in [2.45, 2.75) is 22.9 Å². The van der Waals surface area contributed by atoms with Gasteiger partial charge in [-0.15, -0.1) is 18.6 Å². The Morgan fingerprint density at radius 3 is 1.93 bits per heavy atom. The van der Waals surface area contributed by atoms with Gasteiger partial charge in [0.25, 0.3) is 5.91 Å². The van der Waals surface area contributed by atoms with Gasteiger partial charge >= 0.3 is 17.9 Å². The van der Waals surface area contributed by atoms with Crippen LogP contribution in [0.25, 0.3) is 0 Å². The van der Waals surface area contributed by atoms with Crippen molar-refractivity contribution in [3.63, 3.8) is 0 Å². The van der Waals surface area contributed by atoms with Crippen LogP contribution in [0.3, 0.4) is 0 Å². The van der Waals surface area contributed by atoms with E-state index in [1.165, 1.54) is 28.9 Å². The standard InChI is InChI=1S/C18H19N3O7S.C16H15N3O5S/c1-12(22)26-16-8-7-14(29-28-27-19)9-15(16)21(11-18(24)25)10-17(23)20-13-5-3-2-4-6-13;17-23-24-25-13-8-6-11(7-9-13)18(10-14(20)21)15-16(22)19(15)12-4-2-1-3-5-12/h2-9H,10-11,19H2,1H3,(H,20,23)(H,24,25);1-9,15H,10,17H2,(H,20,21). The van der Waals surface area contributed by atoms with Gasteiger partial charge in [0.2, 0.25) is 5.91 Å². The number of benzene rings is 4. The lowest BCUT2D eigenvalue weighted by Gasteiger charge is -2.24. The third kappa shape index (κ3) is 12.5. The third-order valence-electron chi connectivity index (χ3n) is 7.02. The quantitative estimate of drug-likeness (QED) is 0.0241. The Hall–Kier alpha value is -5.71. The molecule has 4 aromatic carbocycles. The van der Waals surface area contributed by atoms with Crippen LogP contribution in [0.15, 0.2) is 113 Å². The van der Waals surface area contributed by atoms with Crippen LogP contribution in [0, 0.1) is 0 Å². The maximum Gasteiger partial charge on any atom is 0.323 e. The Morgan fingerprint density at radius 1 is 0.778 bits per heavy atom. The predicted molar refractivity (Wildman–Crippen MR) is 196 cm³/mol. The van der Waals surface area contributed by atoms with Crippen LogP contribution in [0.2, 0.25) is 0 Å². The number of para-hydroxylation sites is 2. The molecule has 5 rings (SSSR count). The minimum atomic E-state index is -1.18. The number of carboxylic acids is 2. The molecule has 1 heterocycles. The predicted octanol–water partition coefficient (Wildman–Crippen LogP) is 3.75. The van der Waals surface area contributed by atoms with Crippen molar-refractivity contribution >= 4 is 76.6 Å². The molecule has 284 valence electrons. The summed E-state index contributed by atoms with van der Waals surface area (Å²) in [6.45, 7) is 0.0900. The molecule has 1 aliphatic rings. The molecule has 1 saturated heterocycles. The monoisotopic (exact) mass is 782 g/mol. The molecule has 2 amide bonds. The van der Waals surface area contributed by atoms with E-state index in [1.807, 2.05) is 18.2 Å². The van der Waals surface area contributed by atoms with Crippen molar-refractivity contribution in [3.05, 3.63) is 103 Å². The maximum absolute atomic E-state index is 12.4. The fraction of sp³-hybridized carbons (Fsp3) is 0.147. The second-order valence-electron chi connectivity index (χ2n) is 10.8. The minimum Gasteiger partial charge on any atom is -0.480 e. The van der Waals surface area contributed by atoms with E-state index in [-0.39, 0.29) is 30.4 Å². The highest BCUT2D eigenvalue weighted by atomic mass is 32.2. The topological polar surface area (TPSA) is 246 Å². The summed E-state index contributed by atoms with van der Waals surface area (Å²) in [5, 5.41) is 21.2. The van der Waals surface area contributed by atoms with Crippen LogP contribution in [0.1, 0.15) is 6.92 Å². The highest BCUT2D eigenvalue weighted by molar-refractivity contribution is 7.94. The molecule has 20 heteroatoms. The first-order valence-electron chi connectivity index (χ1n) is 15.5. The summed E-state index contributed by atoms with van der Waals surface area (Å²) in [4.78, 5) is 72.3. The Labute approximate surface area is 316 Å². The molecule has 7 N–H and O–H groups in total. The molecule has 54 heavy (non-hydrogen) atoms. The zero-order valence-corrected chi connectivity index (χ0v) is 29.9. The molecule has 1 atom stereocenters. The number of rotatable bonds is 18. The third-order valence-corrected chi connectivity index (χ3v) is 8.22. The first kappa shape index (κ1) is 41.1. The molecule has 1 fully saturated rings. The molecule has 0 aromatic heterocycles. The molecule has 0 bridgehead atoms. The van der Waals surface area contributed by atoms with Crippen molar-refractivity contribution in [1.29, 1.82) is 0 Å². The summed E-state index contributed by atoms with van der Waals surface area (Å²) in [6, 6.07) is 29.2. The van der Waals surface area contributed by atoms with Crippen LogP contribution >= 0.6 is 24.1 Å². The van der Waals surface area contributed by atoms with E-state index in [9.17, 15) is 34.2 Å². The zero-order valence-electron chi connectivity index (χ0n) is 28.3. The largest absolute Gasteiger partial charge is 0.480 e. The number of ether oxygens (including phenoxy) is 1. The average Bonchev–Trinajstić information content (AvgIpc) is 3.82. The van der Waals surface area contributed by atoms with Gasteiger partial charge in [-0.1, -0.05) is 36.4 Å². The minimum absolute atomic E-state index is 0.0873. The summed E-state index contributed by atoms with van der Waals surface area (Å²) >= 11 is 1.67. The van der Waals surface area contributed by atoms with Crippen LogP contribution in [-0.4, -0.2) is 65.7 Å². The molecule has 18 nitrogen and oxygen atoms in total. The summed E-state index contributed by atoms with van der Waals surface area (Å²) in [7, 11) is 0. The number of hydrogen-bond donors (Lipinski definition) is 5. The number of esters is 1. The molecule has 4 aromatic rings. The number of aliphatic carboxylic acids is 2. The number of nitrogens with zero attached hydrogens (tertiary/aromatic N) is 3. The van der Waals surface area contributed by atoms with Gasteiger partial charge in [0.15, 0.2) is 11.9 Å². The lowest BCUT2D eigenvalue weighted by Crippen LogP contribution is -2.37. The van der Waals surface area contributed by atoms with Crippen LogP contribution in [-0.2, 0) is 42.6 Å². The fourth-order valence-electron chi connectivity index (χ4n) is 4.89. The molecule has 0 saturated carbocycles. The van der Waals surface area contributed by atoms with E-state index < -0.39 is 36.5 Å². The van der Waals surface area contributed by atoms with Gasteiger partial charge in [-0.2, -0.15) is 11.8 Å². The first-order valence-corrected chi connectivity index (χ1v) is 17.0. The number of nitrogens with one attached hydrogen (secondary N) is 1. The number of amides is 2. The summed E-state index contributed by atoms with van der Waals surface area (Å²) in [5.41, 5.74) is 2.10. The van der Waals surface area contributed by atoms with E-state index in [0.29, 0.717) is 21.2 Å². The normalized spacial score (nSPS) is 12.9. The van der Waals surface area contributed by atoms with Crippen molar-refractivity contribution < 1.29 is 57.6 Å². The smallest absolute Gasteiger partial charge is 0.323 e. The number of anilines is 4. The van der Waals surface area contributed by atoms with E-state index in [0.717, 1.165) is 29.8 Å². The molecule has 0 aliphatic carbocycles. The molecule has 1 unspecified atom stereocenters. The van der Waals surface area contributed by atoms with Gasteiger partial charge in [-0.25, -0.2) is 0 Å². The van der Waals surface area contributed by atoms with Gasteiger partial charge in [-0.3, -0.25) is 28.9 Å². The lowest BCUT2D eigenvalue weighted by molar-refractivity contribution is -0.195. The number of carboxylic acid groups (broad SMARTS) is 2. The Balaban J connectivity index is 0.000000243. The second kappa shape index (κ2) is 20.5. The van der Waals surface area contributed by atoms with Crippen LogP contribution in [0.4, 0.5) is 22.7 Å². The van der Waals surface area contributed by atoms with Gasteiger partial charge < -0.3 is 30.1 Å². The Bertz CT molecular complexity index is 1890. The summed E-state index contributed by atoms with van der Waals surface area (Å²) in [5.74, 6) is 6.30. The Morgan fingerprint density at radius 2 is 1.35 bits per heavy atom. The fourth-order valence-corrected chi connectivity index (χ4v) is 5.66. The van der Waals surface area contributed by atoms with Crippen LogP contribution < -0.4 is 36.5 Å². The number of carbonyl (C=O) groups excluding carboxylic acids is 3. The van der Waals surface area contributed by atoms with E-state index in [2.05, 4.69) is 24.0 Å². The first-order chi connectivity index (χ1) is 26.0. The van der Waals surface area contributed by atoms with Crippen molar-refractivity contribution in [2.24, 2.45) is 11.8 Å². The molecule has 1 aliphatic heterocycles. The zero-order chi connectivity index (χ0) is 39.0. The Kier molecular flexibility index (Phi) is 15.6. The molecular weight excluding hydrogens is 749 g/mol.